The zero-order valence-electron chi connectivity index (χ0n) is 13.8. The molecule has 0 radical (unpaired) electrons. The first kappa shape index (κ1) is 18.0. The van der Waals surface area contributed by atoms with Gasteiger partial charge in [-0.3, -0.25) is 0 Å². The van der Waals surface area contributed by atoms with Crippen LogP contribution >= 0.6 is 0 Å². The number of hydrogen-bond donors (Lipinski definition) is 0. The molecule has 0 N–H and O–H groups in total. The molecule has 120 valence electrons. The Morgan fingerprint density at radius 2 is 1.43 bits per heavy atom. The molecule has 0 aromatic heterocycles. The van der Waals surface area contributed by atoms with E-state index >= 15 is 0 Å². The lowest BCUT2D eigenvalue weighted by Gasteiger charge is -2.08. The number of aryl methyl sites for hydroxylation is 1. The van der Waals surface area contributed by atoms with Gasteiger partial charge in [-0.1, -0.05) is 70.8 Å². The number of unbranched alkanes of at least 4 members (excludes halogenated alkanes) is 9. The summed E-state index contributed by atoms with van der Waals surface area (Å²) >= 11 is 0. The van der Waals surface area contributed by atoms with Gasteiger partial charge in [0.15, 0.2) is 11.6 Å². The van der Waals surface area contributed by atoms with Gasteiger partial charge >= 0.3 is 0 Å². The molecule has 2 heteroatoms. The molecular weight excluding hydrogens is 263 g/mol. The van der Waals surface area contributed by atoms with Gasteiger partial charge in [-0.15, -0.1) is 0 Å². The molecule has 0 aliphatic heterocycles. The molecule has 21 heavy (non-hydrogen) atoms. The molecule has 0 spiro atoms. The first-order valence-electron chi connectivity index (χ1n) is 8.63. The minimum Gasteiger partial charge on any atom is -0.491 e. The molecule has 1 aromatic carbocycles. The Morgan fingerprint density at radius 1 is 0.857 bits per heavy atom. The molecule has 1 rings (SSSR count). The molecule has 1 aromatic rings. The van der Waals surface area contributed by atoms with Crippen LogP contribution in [0.5, 0.6) is 5.75 Å². The fourth-order valence-electron chi connectivity index (χ4n) is 2.49. The highest BCUT2D eigenvalue weighted by atomic mass is 19.1. The zero-order valence-corrected chi connectivity index (χ0v) is 13.8. The van der Waals surface area contributed by atoms with E-state index in [1.54, 1.807) is 12.1 Å². The summed E-state index contributed by atoms with van der Waals surface area (Å²) in [6.45, 7) is 4.83. The molecule has 1 nitrogen and oxygen atoms in total. The molecule has 0 aliphatic carbocycles. The summed E-state index contributed by atoms with van der Waals surface area (Å²) < 4.78 is 19.0. The number of ether oxygens (including phenoxy) is 1. The molecule has 0 heterocycles. The van der Waals surface area contributed by atoms with Crippen LogP contribution in [0.15, 0.2) is 18.2 Å². The Hall–Kier alpha value is -1.05. The minimum absolute atomic E-state index is 0.257. The van der Waals surface area contributed by atoms with Crippen molar-refractivity contribution < 1.29 is 9.13 Å². The van der Waals surface area contributed by atoms with Crippen LogP contribution in [0.3, 0.4) is 0 Å². The topological polar surface area (TPSA) is 9.23 Å². The van der Waals surface area contributed by atoms with Crippen LogP contribution in [0.4, 0.5) is 4.39 Å². The lowest BCUT2D eigenvalue weighted by molar-refractivity contribution is 0.289. The van der Waals surface area contributed by atoms with Gasteiger partial charge in [-0.25, -0.2) is 4.39 Å². The van der Waals surface area contributed by atoms with Gasteiger partial charge in [0.05, 0.1) is 6.61 Å². The maximum absolute atomic E-state index is 13.4. The smallest absolute Gasteiger partial charge is 0.165 e. The predicted molar refractivity (Wildman–Crippen MR) is 88.5 cm³/mol. The third-order valence-corrected chi connectivity index (χ3v) is 3.84. The summed E-state index contributed by atoms with van der Waals surface area (Å²) in [5.41, 5.74) is 1.04. The van der Waals surface area contributed by atoms with Crippen LogP contribution < -0.4 is 4.74 Å². The van der Waals surface area contributed by atoms with Crippen molar-refractivity contribution in [2.45, 2.75) is 78.1 Å². The van der Waals surface area contributed by atoms with Crippen molar-refractivity contribution in [2.24, 2.45) is 0 Å². The maximum Gasteiger partial charge on any atom is 0.165 e. The monoisotopic (exact) mass is 294 g/mol. The van der Waals surface area contributed by atoms with Gasteiger partial charge in [-0.05, 0) is 31.0 Å². The van der Waals surface area contributed by atoms with Gasteiger partial charge in [0.25, 0.3) is 0 Å². The molecule has 0 atom stereocenters. The Kier molecular flexibility index (Phi) is 9.94. The fraction of sp³-hybridized carbons (Fsp3) is 0.684. The third-order valence-electron chi connectivity index (χ3n) is 3.84. The highest BCUT2D eigenvalue weighted by molar-refractivity contribution is 5.29. The molecular formula is C19H31FO. The summed E-state index contributed by atoms with van der Waals surface area (Å²) in [7, 11) is 0. The predicted octanol–water partition coefficient (Wildman–Crippen LogP) is 6.43. The van der Waals surface area contributed by atoms with Crippen molar-refractivity contribution in [1.29, 1.82) is 0 Å². The highest BCUT2D eigenvalue weighted by Gasteiger charge is 2.02. The highest BCUT2D eigenvalue weighted by Crippen LogP contribution is 2.19. The Bertz CT molecular complexity index is 376. The molecule has 0 amide bonds. The molecule has 0 aliphatic rings. The number of benzene rings is 1. The minimum atomic E-state index is -0.257. The zero-order chi connectivity index (χ0) is 15.3. The lowest BCUT2D eigenvalue weighted by atomic mass is 10.1. The van der Waals surface area contributed by atoms with Crippen LogP contribution in [0.1, 0.15) is 76.7 Å². The molecule has 0 saturated carbocycles. The van der Waals surface area contributed by atoms with Crippen LogP contribution in [0.2, 0.25) is 0 Å². The standard InChI is InChI=1S/C19H31FO/c1-3-4-5-6-7-8-9-10-11-12-15-21-19-16-17(2)13-14-18(19)20/h13-14,16H,3-12,15H2,1-2H3. The first-order valence-corrected chi connectivity index (χ1v) is 8.63. The number of hydrogen-bond acceptors (Lipinski definition) is 1. The second-order valence-electron chi connectivity index (χ2n) is 5.96. The Balaban J connectivity index is 1.94. The van der Waals surface area contributed by atoms with Crippen LogP contribution in [0.25, 0.3) is 0 Å². The van der Waals surface area contributed by atoms with E-state index in [2.05, 4.69) is 6.92 Å². The Morgan fingerprint density at radius 3 is 2.05 bits per heavy atom. The molecule has 0 fully saturated rings. The van der Waals surface area contributed by atoms with E-state index in [1.165, 1.54) is 63.9 Å². The normalized spacial score (nSPS) is 10.8. The number of rotatable bonds is 12. The van der Waals surface area contributed by atoms with E-state index in [0.29, 0.717) is 12.4 Å². The number of halogens is 1. The van der Waals surface area contributed by atoms with Crippen molar-refractivity contribution in [3.63, 3.8) is 0 Å². The van der Waals surface area contributed by atoms with E-state index in [4.69, 9.17) is 4.74 Å². The average molecular weight is 294 g/mol. The molecule has 0 unspecified atom stereocenters. The second kappa shape index (κ2) is 11.6. The van der Waals surface area contributed by atoms with E-state index in [0.717, 1.165) is 12.0 Å². The quantitative estimate of drug-likeness (QED) is 0.403. The van der Waals surface area contributed by atoms with Crippen molar-refractivity contribution in [2.75, 3.05) is 6.61 Å². The van der Waals surface area contributed by atoms with Gasteiger partial charge in [0.1, 0.15) is 0 Å². The van der Waals surface area contributed by atoms with Gasteiger partial charge in [0, 0.05) is 0 Å². The van der Waals surface area contributed by atoms with Crippen molar-refractivity contribution >= 4 is 0 Å². The van der Waals surface area contributed by atoms with E-state index in [9.17, 15) is 4.39 Å². The molecule has 0 bridgehead atoms. The van der Waals surface area contributed by atoms with Crippen molar-refractivity contribution in [3.05, 3.63) is 29.6 Å². The van der Waals surface area contributed by atoms with Crippen LogP contribution in [-0.2, 0) is 0 Å². The van der Waals surface area contributed by atoms with Crippen LogP contribution in [-0.4, -0.2) is 6.61 Å². The lowest BCUT2D eigenvalue weighted by Crippen LogP contribution is -1.99. The SMILES string of the molecule is CCCCCCCCCCCCOc1cc(C)ccc1F. The summed E-state index contributed by atoms with van der Waals surface area (Å²) in [6.07, 6.45) is 13.0. The van der Waals surface area contributed by atoms with Gasteiger partial charge in [0.2, 0.25) is 0 Å². The van der Waals surface area contributed by atoms with Crippen LogP contribution in [0, 0.1) is 12.7 Å². The molecule has 0 saturated heterocycles. The average Bonchev–Trinajstić information content (AvgIpc) is 2.48. The maximum atomic E-state index is 13.4. The Labute approximate surface area is 129 Å². The summed E-state index contributed by atoms with van der Waals surface area (Å²) in [5, 5.41) is 0. The third kappa shape index (κ3) is 8.75. The largest absolute Gasteiger partial charge is 0.491 e. The summed E-state index contributed by atoms with van der Waals surface area (Å²) in [4.78, 5) is 0. The van der Waals surface area contributed by atoms with E-state index in [1.807, 2.05) is 6.92 Å². The fourth-order valence-corrected chi connectivity index (χ4v) is 2.49. The van der Waals surface area contributed by atoms with E-state index in [-0.39, 0.29) is 5.82 Å². The first-order chi connectivity index (χ1) is 10.2. The summed E-state index contributed by atoms with van der Waals surface area (Å²) in [6, 6.07) is 5.01. The second-order valence-corrected chi connectivity index (χ2v) is 5.96. The summed E-state index contributed by atoms with van der Waals surface area (Å²) in [5.74, 6) is 0.138. The van der Waals surface area contributed by atoms with Gasteiger partial charge in [-0.2, -0.15) is 0 Å². The van der Waals surface area contributed by atoms with Gasteiger partial charge < -0.3 is 4.74 Å². The van der Waals surface area contributed by atoms with E-state index < -0.39 is 0 Å². The van der Waals surface area contributed by atoms with Crippen molar-refractivity contribution in [3.8, 4) is 5.75 Å². The van der Waals surface area contributed by atoms with Crippen molar-refractivity contribution in [1.82, 2.24) is 0 Å².